The highest BCUT2D eigenvalue weighted by Gasteiger charge is 2.14. The molecule has 1 aliphatic heterocycles. The van der Waals surface area contributed by atoms with Gasteiger partial charge in [-0.15, -0.1) is 0 Å². The van der Waals surface area contributed by atoms with Gasteiger partial charge in [-0.2, -0.15) is 0 Å². The van der Waals surface area contributed by atoms with E-state index in [4.69, 9.17) is 9.47 Å². The number of carbonyl (C=O) groups is 1. The van der Waals surface area contributed by atoms with E-state index >= 15 is 0 Å². The van der Waals surface area contributed by atoms with E-state index < -0.39 is 0 Å². The van der Waals surface area contributed by atoms with Gasteiger partial charge in [0.25, 0.3) is 0 Å². The van der Waals surface area contributed by atoms with E-state index in [2.05, 4.69) is 35.6 Å². The fourth-order valence-electron chi connectivity index (χ4n) is 3.26. The zero-order valence-electron chi connectivity index (χ0n) is 15.3. The van der Waals surface area contributed by atoms with E-state index in [1.165, 1.54) is 16.3 Å². The van der Waals surface area contributed by atoms with Crippen LogP contribution in [-0.4, -0.2) is 31.2 Å². The van der Waals surface area contributed by atoms with E-state index in [0.717, 1.165) is 23.6 Å². The molecule has 0 radical (unpaired) electrons. The van der Waals surface area contributed by atoms with Gasteiger partial charge in [-0.05, 0) is 47.1 Å². The zero-order valence-corrected chi connectivity index (χ0v) is 15.3. The second-order valence-corrected chi connectivity index (χ2v) is 6.82. The van der Waals surface area contributed by atoms with Crippen molar-refractivity contribution < 1.29 is 14.3 Å². The lowest BCUT2D eigenvalue weighted by Gasteiger charge is -2.17. The molecule has 1 amide bonds. The Hall–Kier alpha value is -3.05. The molecular weight excluding hydrogens is 340 g/mol. The third kappa shape index (κ3) is 4.20. The summed E-state index contributed by atoms with van der Waals surface area (Å²) in [6.45, 7) is 1.80. The largest absolute Gasteiger partial charge is 0.454 e. The van der Waals surface area contributed by atoms with E-state index in [0.29, 0.717) is 13.1 Å². The minimum atomic E-state index is -0.00374. The molecule has 3 aromatic carbocycles. The SMILES string of the molecule is CN(CC(=O)NCc1ccc2c(c1)OCO2)Cc1ccc2ccccc2c1. The highest BCUT2D eigenvalue weighted by atomic mass is 16.7. The molecule has 0 saturated heterocycles. The summed E-state index contributed by atoms with van der Waals surface area (Å²) in [5.74, 6) is 1.48. The molecule has 0 aliphatic carbocycles. The van der Waals surface area contributed by atoms with Crippen LogP contribution in [-0.2, 0) is 17.9 Å². The van der Waals surface area contributed by atoms with Crippen molar-refractivity contribution in [3.63, 3.8) is 0 Å². The van der Waals surface area contributed by atoms with Crippen molar-refractivity contribution in [3.05, 3.63) is 71.8 Å². The average Bonchev–Trinajstić information content (AvgIpc) is 3.14. The summed E-state index contributed by atoms with van der Waals surface area (Å²) in [7, 11) is 1.95. The molecule has 0 fully saturated rings. The third-order valence-corrected chi connectivity index (χ3v) is 4.61. The summed E-state index contributed by atoms with van der Waals surface area (Å²) >= 11 is 0. The number of hydrogen-bond acceptors (Lipinski definition) is 4. The Morgan fingerprint density at radius 1 is 0.963 bits per heavy atom. The molecule has 138 valence electrons. The lowest BCUT2D eigenvalue weighted by Crippen LogP contribution is -2.34. The number of hydrogen-bond donors (Lipinski definition) is 1. The van der Waals surface area contributed by atoms with Gasteiger partial charge < -0.3 is 14.8 Å². The molecule has 0 unspecified atom stereocenters. The number of nitrogens with one attached hydrogen (secondary N) is 1. The van der Waals surface area contributed by atoms with Gasteiger partial charge >= 0.3 is 0 Å². The number of rotatable bonds is 6. The predicted molar refractivity (Wildman–Crippen MR) is 105 cm³/mol. The molecule has 3 aromatic rings. The van der Waals surface area contributed by atoms with Gasteiger partial charge in [0.1, 0.15) is 0 Å². The van der Waals surface area contributed by atoms with Gasteiger partial charge in [0.15, 0.2) is 11.5 Å². The van der Waals surface area contributed by atoms with Crippen molar-refractivity contribution in [2.24, 2.45) is 0 Å². The molecule has 5 nitrogen and oxygen atoms in total. The monoisotopic (exact) mass is 362 g/mol. The predicted octanol–water partition coefficient (Wildman–Crippen LogP) is 3.32. The van der Waals surface area contributed by atoms with Gasteiger partial charge in [0, 0.05) is 13.1 Å². The fourth-order valence-corrected chi connectivity index (χ4v) is 3.26. The highest BCUT2D eigenvalue weighted by molar-refractivity contribution is 5.83. The van der Waals surface area contributed by atoms with Gasteiger partial charge in [-0.3, -0.25) is 9.69 Å². The zero-order chi connectivity index (χ0) is 18.6. The minimum absolute atomic E-state index is 0.00374. The molecule has 1 heterocycles. The van der Waals surface area contributed by atoms with Crippen LogP contribution in [0, 0.1) is 0 Å². The maximum atomic E-state index is 12.3. The number of likely N-dealkylation sites (N-methyl/N-ethyl adjacent to an activating group) is 1. The maximum absolute atomic E-state index is 12.3. The molecular formula is C22H22N2O3. The van der Waals surface area contributed by atoms with Crippen LogP contribution in [0.1, 0.15) is 11.1 Å². The Morgan fingerprint density at radius 2 is 1.74 bits per heavy atom. The quantitative estimate of drug-likeness (QED) is 0.731. The number of benzene rings is 3. The standard InChI is InChI=1S/C22H22N2O3/c1-24(13-17-6-8-18-4-2-3-5-19(18)10-17)14-22(25)23-12-16-7-9-20-21(11-16)27-15-26-20/h2-11H,12-15H2,1H3,(H,23,25). The van der Waals surface area contributed by atoms with Gasteiger partial charge in [0.05, 0.1) is 6.54 Å². The highest BCUT2D eigenvalue weighted by Crippen LogP contribution is 2.32. The summed E-state index contributed by atoms with van der Waals surface area (Å²) in [5.41, 5.74) is 2.18. The first-order valence-electron chi connectivity index (χ1n) is 8.99. The molecule has 0 aromatic heterocycles. The average molecular weight is 362 g/mol. The van der Waals surface area contributed by atoms with Gasteiger partial charge in [-0.1, -0.05) is 42.5 Å². The topological polar surface area (TPSA) is 50.8 Å². The Morgan fingerprint density at radius 3 is 2.63 bits per heavy atom. The number of carbonyl (C=O) groups excluding carboxylic acids is 1. The van der Waals surface area contributed by atoms with Gasteiger partial charge in [0.2, 0.25) is 12.7 Å². The van der Waals surface area contributed by atoms with Crippen LogP contribution in [0.15, 0.2) is 60.7 Å². The first-order chi connectivity index (χ1) is 13.2. The summed E-state index contributed by atoms with van der Waals surface area (Å²) in [6.07, 6.45) is 0. The van der Waals surface area contributed by atoms with Crippen LogP contribution < -0.4 is 14.8 Å². The van der Waals surface area contributed by atoms with Crippen molar-refractivity contribution in [2.75, 3.05) is 20.4 Å². The molecule has 0 atom stereocenters. The van der Waals surface area contributed by atoms with Crippen molar-refractivity contribution >= 4 is 16.7 Å². The van der Waals surface area contributed by atoms with E-state index in [-0.39, 0.29) is 12.7 Å². The Bertz CT molecular complexity index is 971. The summed E-state index contributed by atoms with van der Waals surface area (Å²) in [6, 6.07) is 20.4. The second-order valence-electron chi connectivity index (χ2n) is 6.82. The number of amides is 1. The van der Waals surface area contributed by atoms with E-state index in [1.54, 1.807) is 0 Å². The molecule has 1 aliphatic rings. The molecule has 0 spiro atoms. The molecule has 0 bridgehead atoms. The van der Waals surface area contributed by atoms with Crippen molar-refractivity contribution in [3.8, 4) is 11.5 Å². The molecule has 5 heteroatoms. The normalized spacial score (nSPS) is 12.5. The fraction of sp³-hybridized carbons (Fsp3) is 0.227. The Balaban J connectivity index is 1.29. The maximum Gasteiger partial charge on any atom is 0.234 e. The van der Waals surface area contributed by atoms with Crippen molar-refractivity contribution in [2.45, 2.75) is 13.1 Å². The number of fused-ring (bicyclic) bond motifs is 2. The Kier molecular flexibility index (Phi) is 4.94. The number of nitrogens with zero attached hydrogens (tertiary/aromatic N) is 1. The van der Waals surface area contributed by atoms with Crippen LogP contribution in [0.3, 0.4) is 0 Å². The summed E-state index contributed by atoms with van der Waals surface area (Å²) < 4.78 is 10.7. The van der Waals surface area contributed by atoms with Crippen LogP contribution in [0.5, 0.6) is 11.5 Å². The molecule has 27 heavy (non-hydrogen) atoms. The molecule has 0 saturated carbocycles. The third-order valence-electron chi connectivity index (χ3n) is 4.61. The van der Waals surface area contributed by atoms with Crippen LogP contribution in [0.25, 0.3) is 10.8 Å². The first-order valence-corrected chi connectivity index (χ1v) is 8.99. The smallest absolute Gasteiger partial charge is 0.234 e. The van der Waals surface area contributed by atoms with Crippen molar-refractivity contribution in [1.82, 2.24) is 10.2 Å². The molecule has 1 N–H and O–H groups in total. The minimum Gasteiger partial charge on any atom is -0.454 e. The van der Waals surface area contributed by atoms with Crippen LogP contribution in [0.4, 0.5) is 0 Å². The second kappa shape index (κ2) is 7.68. The van der Waals surface area contributed by atoms with E-state index in [9.17, 15) is 4.79 Å². The first kappa shape index (κ1) is 17.4. The number of ether oxygens (including phenoxy) is 2. The summed E-state index contributed by atoms with van der Waals surface area (Å²) in [5, 5.41) is 5.40. The Labute approximate surface area is 158 Å². The lowest BCUT2D eigenvalue weighted by atomic mass is 10.1. The lowest BCUT2D eigenvalue weighted by molar-refractivity contribution is -0.122. The molecule has 4 rings (SSSR count). The summed E-state index contributed by atoms with van der Waals surface area (Å²) in [4.78, 5) is 14.3. The van der Waals surface area contributed by atoms with E-state index in [1.807, 2.05) is 42.3 Å². The van der Waals surface area contributed by atoms with Crippen LogP contribution in [0.2, 0.25) is 0 Å². The van der Waals surface area contributed by atoms with Crippen LogP contribution >= 0.6 is 0 Å². The van der Waals surface area contributed by atoms with Crippen molar-refractivity contribution in [1.29, 1.82) is 0 Å². The van der Waals surface area contributed by atoms with Gasteiger partial charge in [-0.25, -0.2) is 0 Å².